The molecule has 0 radical (unpaired) electrons. The number of hydrogen-bond donors (Lipinski definition) is 1. The second-order valence-corrected chi connectivity index (χ2v) is 2.16. The average molecular weight is 117 g/mol. The second-order valence-electron chi connectivity index (χ2n) is 1.93. The summed E-state index contributed by atoms with van der Waals surface area (Å²) in [5.41, 5.74) is 0. The van der Waals surface area contributed by atoms with Gasteiger partial charge in [0.15, 0.2) is 0 Å². The molecular weight excluding hydrogens is 106 g/mol. The van der Waals surface area contributed by atoms with Crippen LogP contribution >= 0.6 is 12.8 Å². The molecule has 0 rings (SSSR count). The topological polar surface area (TPSA) is 12.4 Å². The Balaban J connectivity index is 2.97. The first-order valence-corrected chi connectivity index (χ1v) is 2.83. The van der Waals surface area contributed by atoms with E-state index in [0.29, 0.717) is 5.92 Å². The minimum absolute atomic E-state index is 0.705. The van der Waals surface area contributed by atoms with Crippen LogP contribution in [0.15, 0.2) is 4.40 Å². The van der Waals surface area contributed by atoms with E-state index in [1.165, 1.54) is 0 Å². The largest absolute Gasteiger partial charge is 0.232 e. The SMILES string of the molecule is CC(C)C/C=N/S. The highest BCUT2D eigenvalue weighted by molar-refractivity contribution is 7.78. The molecular formula is C5H11NS. The molecule has 0 aliphatic heterocycles. The van der Waals surface area contributed by atoms with E-state index in [-0.39, 0.29) is 0 Å². The van der Waals surface area contributed by atoms with Crippen molar-refractivity contribution in [1.82, 2.24) is 0 Å². The van der Waals surface area contributed by atoms with Crippen LogP contribution in [-0.2, 0) is 0 Å². The van der Waals surface area contributed by atoms with Gasteiger partial charge < -0.3 is 0 Å². The van der Waals surface area contributed by atoms with Crippen LogP contribution in [0.2, 0.25) is 0 Å². The third-order valence-corrected chi connectivity index (χ3v) is 0.822. The summed E-state index contributed by atoms with van der Waals surface area (Å²) < 4.78 is 3.55. The lowest BCUT2D eigenvalue weighted by molar-refractivity contribution is 0.691. The van der Waals surface area contributed by atoms with Crippen LogP contribution in [0.4, 0.5) is 0 Å². The van der Waals surface area contributed by atoms with Crippen LogP contribution in [-0.4, -0.2) is 6.21 Å². The molecule has 0 amide bonds. The third-order valence-electron chi connectivity index (χ3n) is 0.658. The van der Waals surface area contributed by atoms with E-state index in [2.05, 4.69) is 31.1 Å². The fourth-order valence-electron chi connectivity index (χ4n) is 0.258. The lowest BCUT2D eigenvalue weighted by Gasteiger charge is -1.92. The van der Waals surface area contributed by atoms with Crippen LogP contribution in [0.3, 0.4) is 0 Å². The van der Waals surface area contributed by atoms with E-state index in [1.54, 1.807) is 0 Å². The summed E-state index contributed by atoms with van der Waals surface area (Å²) in [7, 11) is 0. The van der Waals surface area contributed by atoms with Gasteiger partial charge in [-0.2, -0.15) is 0 Å². The van der Waals surface area contributed by atoms with Crippen molar-refractivity contribution in [1.29, 1.82) is 0 Å². The fourth-order valence-corrected chi connectivity index (χ4v) is 0.352. The molecule has 7 heavy (non-hydrogen) atoms. The zero-order chi connectivity index (χ0) is 5.70. The summed E-state index contributed by atoms with van der Waals surface area (Å²) in [6.45, 7) is 4.30. The van der Waals surface area contributed by atoms with Crippen LogP contribution < -0.4 is 0 Å². The molecule has 0 saturated heterocycles. The van der Waals surface area contributed by atoms with Crippen LogP contribution in [0, 0.1) is 5.92 Å². The van der Waals surface area contributed by atoms with Crippen molar-refractivity contribution in [2.24, 2.45) is 10.3 Å². The zero-order valence-electron chi connectivity index (χ0n) is 4.76. The van der Waals surface area contributed by atoms with Crippen molar-refractivity contribution in [2.45, 2.75) is 20.3 Å². The first-order valence-electron chi connectivity index (χ1n) is 2.43. The molecule has 0 aromatic heterocycles. The Bertz CT molecular complexity index is 59.1. The van der Waals surface area contributed by atoms with Crippen molar-refractivity contribution in [2.75, 3.05) is 0 Å². The zero-order valence-corrected chi connectivity index (χ0v) is 5.65. The number of hydrogen-bond acceptors (Lipinski definition) is 2. The molecule has 0 aromatic rings. The molecule has 0 saturated carbocycles. The Labute approximate surface area is 50.4 Å². The predicted molar refractivity (Wildman–Crippen MR) is 36.9 cm³/mol. The molecule has 0 fully saturated rings. The maximum atomic E-state index is 3.66. The highest BCUT2D eigenvalue weighted by atomic mass is 32.1. The Kier molecular flexibility index (Phi) is 4.20. The summed E-state index contributed by atoms with van der Waals surface area (Å²) in [5.74, 6) is 0.705. The highest BCUT2D eigenvalue weighted by Gasteiger charge is 1.85. The van der Waals surface area contributed by atoms with Crippen molar-refractivity contribution >= 4 is 19.0 Å². The van der Waals surface area contributed by atoms with Crippen molar-refractivity contribution in [3.8, 4) is 0 Å². The van der Waals surface area contributed by atoms with Crippen LogP contribution in [0.5, 0.6) is 0 Å². The van der Waals surface area contributed by atoms with Gasteiger partial charge in [-0.15, -0.1) is 0 Å². The smallest absolute Gasteiger partial charge is 0.0125 e. The van der Waals surface area contributed by atoms with Gasteiger partial charge in [0.2, 0.25) is 0 Å². The molecule has 0 atom stereocenters. The first-order chi connectivity index (χ1) is 3.27. The average Bonchev–Trinajstić information content (AvgIpc) is 1.61. The van der Waals surface area contributed by atoms with Gasteiger partial charge in [0.05, 0.1) is 0 Å². The number of thiol groups is 1. The van der Waals surface area contributed by atoms with Crippen LogP contribution in [0.1, 0.15) is 20.3 Å². The van der Waals surface area contributed by atoms with Gasteiger partial charge in [-0.3, -0.25) is 0 Å². The van der Waals surface area contributed by atoms with Gasteiger partial charge in [-0.1, -0.05) is 13.8 Å². The Morgan fingerprint density at radius 2 is 2.29 bits per heavy atom. The molecule has 0 bridgehead atoms. The van der Waals surface area contributed by atoms with Gasteiger partial charge in [0, 0.05) is 6.21 Å². The van der Waals surface area contributed by atoms with Crippen molar-refractivity contribution in [3.05, 3.63) is 0 Å². The monoisotopic (exact) mass is 117 g/mol. The lowest BCUT2D eigenvalue weighted by atomic mass is 10.2. The molecule has 0 aliphatic rings. The van der Waals surface area contributed by atoms with Crippen molar-refractivity contribution < 1.29 is 0 Å². The summed E-state index contributed by atoms with van der Waals surface area (Å²) in [6, 6.07) is 0. The number of nitrogens with zero attached hydrogens (tertiary/aromatic N) is 1. The predicted octanol–water partition coefficient (Wildman–Crippen LogP) is 1.95. The van der Waals surface area contributed by atoms with Gasteiger partial charge in [0.1, 0.15) is 0 Å². The molecule has 2 heteroatoms. The summed E-state index contributed by atoms with van der Waals surface area (Å²) in [4.78, 5) is 0. The standard InChI is InChI=1S/C5H11NS/c1-5(2)3-4-6-7/h4-5,7H,3H2,1-2H3/b6-4+. The molecule has 0 aromatic carbocycles. The van der Waals surface area contributed by atoms with Gasteiger partial charge in [-0.25, -0.2) is 4.40 Å². The van der Waals surface area contributed by atoms with E-state index >= 15 is 0 Å². The third kappa shape index (κ3) is 6.02. The minimum Gasteiger partial charge on any atom is -0.232 e. The molecule has 1 nitrogen and oxygen atoms in total. The Morgan fingerprint density at radius 3 is 2.43 bits per heavy atom. The van der Waals surface area contributed by atoms with Gasteiger partial charge >= 0.3 is 0 Å². The van der Waals surface area contributed by atoms with E-state index in [0.717, 1.165) is 6.42 Å². The maximum Gasteiger partial charge on any atom is 0.0125 e. The molecule has 0 spiro atoms. The number of rotatable bonds is 2. The summed E-state index contributed by atoms with van der Waals surface area (Å²) in [6.07, 6.45) is 2.84. The summed E-state index contributed by atoms with van der Waals surface area (Å²) >= 11 is 3.66. The first kappa shape index (κ1) is 7.02. The van der Waals surface area contributed by atoms with E-state index in [4.69, 9.17) is 0 Å². The second kappa shape index (κ2) is 4.19. The minimum atomic E-state index is 0.705. The quantitative estimate of drug-likeness (QED) is 0.419. The Hall–Kier alpha value is 0.0200. The molecule has 0 aliphatic carbocycles. The normalized spacial score (nSPS) is 11.4. The van der Waals surface area contributed by atoms with E-state index in [1.807, 2.05) is 6.21 Å². The van der Waals surface area contributed by atoms with Gasteiger partial charge in [-0.05, 0) is 25.2 Å². The lowest BCUT2D eigenvalue weighted by Crippen LogP contribution is -1.84. The fraction of sp³-hybridized carbons (Fsp3) is 0.800. The van der Waals surface area contributed by atoms with Crippen LogP contribution in [0.25, 0.3) is 0 Å². The molecule has 0 N–H and O–H groups in total. The molecule has 42 valence electrons. The van der Waals surface area contributed by atoms with E-state index < -0.39 is 0 Å². The Morgan fingerprint density at radius 1 is 1.71 bits per heavy atom. The van der Waals surface area contributed by atoms with Gasteiger partial charge in [0.25, 0.3) is 0 Å². The summed E-state index contributed by atoms with van der Waals surface area (Å²) in [5, 5.41) is 0. The molecule has 0 unspecified atom stereocenters. The van der Waals surface area contributed by atoms with Crippen molar-refractivity contribution in [3.63, 3.8) is 0 Å². The maximum absolute atomic E-state index is 3.66. The molecule has 0 heterocycles. The highest BCUT2D eigenvalue weighted by Crippen LogP contribution is 1.94. The van der Waals surface area contributed by atoms with E-state index in [9.17, 15) is 0 Å².